The van der Waals surface area contributed by atoms with E-state index in [1.807, 2.05) is 6.07 Å². The molecular formula is C12H10Cl2FOPTi. The van der Waals surface area contributed by atoms with Gasteiger partial charge in [-0.05, 0) is 12.1 Å². The van der Waals surface area contributed by atoms with E-state index in [9.17, 15) is 9.50 Å². The average molecular weight is 339 g/mol. The molecule has 1 unspecified atom stereocenters. The van der Waals surface area contributed by atoms with Gasteiger partial charge < -0.3 is 5.11 Å². The summed E-state index contributed by atoms with van der Waals surface area (Å²) in [6.45, 7) is 0. The molecular weight excluding hydrogens is 329 g/mol. The van der Waals surface area contributed by atoms with Gasteiger partial charge in [0.2, 0.25) is 0 Å². The first kappa shape index (κ1) is 16.0. The van der Waals surface area contributed by atoms with E-state index in [-0.39, 0.29) is 20.1 Å². The van der Waals surface area contributed by atoms with Gasteiger partial charge >= 0.3 is 35.6 Å². The van der Waals surface area contributed by atoms with Gasteiger partial charge in [0.05, 0.1) is 0 Å². The number of phenols is 1. The summed E-state index contributed by atoms with van der Waals surface area (Å²) in [7, 11) is 9.93. The van der Waals surface area contributed by atoms with Crippen molar-refractivity contribution in [1.29, 1.82) is 0 Å². The van der Waals surface area contributed by atoms with Crippen LogP contribution < -0.4 is 10.6 Å². The second-order valence-corrected chi connectivity index (χ2v) is 7.10. The average Bonchev–Trinajstić information content (AvgIpc) is 2.36. The number of hydrogen-bond acceptors (Lipinski definition) is 1. The number of halogens is 3. The molecule has 0 heterocycles. The molecule has 0 aliphatic heterocycles. The second kappa shape index (κ2) is 8.90. The van der Waals surface area contributed by atoms with Crippen LogP contribution in [0.25, 0.3) is 0 Å². The van der Waals surface area contributed by atoms with Gasteiger partial charge in [0.25, 0.3) is 0 Å². The molecule has 0 radical (unpaired) electrons. The summed E-state index contributed by atoms with van der Waals surface area (Å²) in [5, 5.41) is 10.9. The van der Waals surface area contributed by atoms with Crippen molar-refractivity contribution < 1.29 is 26.5 Å². The van der Waals surface area contributed by atoms with Crippen molar-refractivity contribution in [2.75, 3.05) is 0 Å². The fourth-order valence-electron chi connectivity index (χ4n) is 1.29. The van der Waals surface area contributed by atoms with E-state index in [2.05, 4.69) is 0 Å². The molecule has 0 aliphatic carbocycles. The molecule has 2 aromatic rings. The summed E-state index contributed by atoms with van der Waals surface area (Å²) in [5.74, 6) is -0.00169. The van der Waals surface area contributed by atoms with Crippen LogP contribution in [-0.2, 0) is 17.0 Å². The van der Waals surface area contributed by atoms with Crippen LogP contribution in [0, 0.1) is 5.82 Å². The Bertz CT molecular complexity index is 456. The van der Waals surface area contributed by atoms with Crippen molar-refractivity contribution in [2.45, 2.75) is 0 Å². The summed E-state index contributed by atoms with van der Waals surface area (Å²) in [5.41, 5.74) is 0. The van der Waals surface area contributed by atoms with E-state index < -0.39 is 17.0 Å². The molecule has 0 bridgehead atoms. The molecule has 0 spiro atoms. The van der Waals surface area contributed by atoms with Crippen LogP contribution in [0.2, 0.25) is 0 Å². The van der Waals surface area contributed by atoms with Crippen LogP contribution in [-0.4, -0.2) is 5.11 Å². The van der Waals surface area contributed by atoms with Crippen molar-refractivity contribution in [2.24, 2.45) is 0 Å². The quantitative estimate of drug-likeness (QED) is 0.656. The zero-order valence-electron chi connectivity index (χ0n) is 9.20. The summed E-state index contributed by atoms with van der Waals surface area (Å²) < 4.78 is 13.3. The van der Waals surface area contributed by atoms with E-state index in [4.69, 9.17) is 18.6 Å². The molecule has 2 rings (SSSR count). The first-order valence-corrected chi connectivity index (χ1v) is 10.2. The Labute approximate surface area is 124 Å². The number of para-hydroxylation sites is 1. The van der Waals surface area contributed by atoms with Gasteiger partial charge in [0.1, 0.15) is 11.6 Å². The third-order valence-corrected chi connectivity index (χ3v) is 3.41. The van der Waals surface area contributed by atoms with Gasteiger partial charge in [-0.2, -0.15) is 0 Å². The predicted octanol–water partition coefficient (Wildman–Crippen LogP) is 3.54. The molecule has 6 heteroatoms. The van der Waals surface area contributed by atoms with Gasteiger partial charge in [-0.3, -0.25) is 0 Å². The number of phenolic OH excluding ortho intramolecular Hbond substituents is 1. The minimum atomic E-state index is -0.556. The van der Waals surface area contributed by atoms with Crippen LogP contribution in [0.1, 0.15) is 0 Å². The normalized spacial score (nSPS) is 9.94. The fourth-order valence-corrected chi connectivity index (χ4v) is 2.35. The summed E-state index contributed by atoms with van der Waals surface area (Å²) in [6, 6.07) is 13.6. The van der Waals surface area contributed by atoms with Crippen LogP contribution in [0.4, 0.5) is 4.39 Å². The maximum atomic E-state index is 13.3. The number of hydrogen-bond donors (Lipinski definition) is 1. The number of aromatic hydroxyl groups is 1. The predicted molar refractivity (Wildman–Crippen MR) is 73.8 cm³/mol. The van der Waals surface area contributed by atoms with Crippen molar-refractivity contribution in [3.63, 3.8) is 0 Å². The maximum absolute atomic E-state index is 13.3. The van der Waals surface area contributed by atoms with Crippen LogP contribution in [0.15, 0.2) is 48.5 Å². The van der Waals surface area contributed by atoms with Gasteiger partial charge in [0.15, 0.2) is 0 Å². The van der Waals surface area contributed by atoms with Crippen molar-refractivity contribution >= 4 is 37.8 Å². The zero-order chi connectivity index (χ0) is 13.4. The summed E-state index contributed by atoms with van der Waals surface area (Å²) in [6.07, 6.45) is 0. The van der Waals surface area contributed by atoms with Crippen LogP contribution in [0.5, 0.6) is 5.75 Å². The van der Waals surface area contributed by atoms with Gasteiger partial charge in [-0.25, -0.2) is 4.39 Å². The Morgan fingerprint density at radius 1 is 0.944 bits per heavy atom. The molecule has 0 amide bonds. The van der Waals surface area contributed by atoms with E-state index in [1.165, 1.54) is 6.07 Å². The monoisotopic (exact) mass is 338 g/mol. The molecule has 1 atom stereocenters. The summed E-state index contributed by atoms with van der Waals surface area (Å²) >= 11 is -0.556. The van der Waals surface area contributed by atoms with Gasteiger partial charge in [-0.1, -0.05) is 45.0 Å². The topological polar surface area (TPSA) is 20.2 Å². The Kier molecular flexibility index (Phi) is 7.89. The van der Waals surface area contributed by atoms with E-state index in [0.29, 0.717) is 5.30 Å². The first-order valence-electron chi connectivity index (χ1n) is 4.95. The SMILES string of the molecule is Oc1ccccc1Pc1ccccc1F.[Cl][Ti][Cl]. The van der Waals surface area contributed by atoms with Gasteiger partial charge in [-0.15, -0.1) is 0 Å². The molecule has 94 valence electrons. The van der Waals surface area contributed by atoms with Crippen molar-refractivity contribution in [1.82, 2.24) is 0 Å². The molecule has 0 saturated heterocycles. The third kappa shape index (κ3) is 5.26. The Morgan fingerprint density at radius 2 is 1.44 bits per heavy atom. The Balaban J connectivity index is 0.000000492. The molecule has 1 N–H and O–H groups in total. The van der Waals surface area contributed by atoms with Crippen LogP contribution >= 0.6 is 27.2 Å². The molecule has 0 fully saturated rings. The van der Waals surface area contributed by atoms with E-state index >= 15 is 0 Å². The van der Waals surface area contributed by atoms with Crippen LogP contribution in [0.3, 0.4) is 0 Å². The Hall–Kier alpha value is -0.106. The molecule has 1 nitrogen and oxygen atoms in total. The second-order valence-electron chi connectivity index (χ2n) is 3.19. The summed E-state index contributed by atoms with van der Waals surface area (Å²) in [4.78, 5) is 0. The molecule has 0 saturated carbocycles. The standard InChI is InChI=1S/C12H10FOP.2ClH.Ti/c13-9-5-1-3-7-11(9)15-12-8-4-2-6-10(12)14;;;/h1-8,14-15H;2*1H;/q;;;+2/p-2. The molecule has 18 heavy (non-hydrogen) atoms. The van der Waals surface area contributed by atoms with E-state index in [1.54, 1.807) is 36.4 Å². The minimum absolute atomic E-state index is 0.149. The van der Waals surface area contributed by atoms with Crippen molar-refractivity contribution in [3.8, 4) is 5.75 Å². The van der Waals surface area contributed by atoms with E-state index in [0.717, 1.165) is 5.30 Å². The molecule has 2 aromatic carbocycles. The van der Waals surface area contributed by atoms with Gasteiger partial charge in [0, 0.05) is 10.6 Å². The fraction of sp³-hybridized carbons (Fsp3) is 0. The molecule has 0 aromatic heterocycles. The third-order valence-electron chi connectivity index (χ3n) is 2.05. The number of rotatable bonds is 2. The zero-order valence-corrected chi connectivity index (χ0v) is 13.3. The number of benzene rings is 2. The first-order chi connectivity index (χ1) is 8.69. The van der Waals surface area contributed by atoms with Crippen molar-refractivity contribution in [3.05, 3.63) is 54.3 Å². The Morgan fingerprint density at radius 3 is 2.00 bits per heavy atom. The molecule has 0 aliphatic rings.